The van der Waals surface area contributed by atoms with Crippen molar-refractivity contribution in [3.8, 4) is 0 Å². The Hall–Kier alpha value is -1.47. The third-order valence-electron chi connectivity index (χ3n) is 3.24. The number of pyridine rings is 1. The number of carboxylic acid groups (broad SMARTS) is 1. The number of nitrogens with one attached hydrogen (secondary N) is 1. The third kappa shape index (κ3) is 2.76. The number of halogens is 1. The molecule has 2 rings (SSSR count). The molecule has 2 N–H and O–H groups in total. The zero-order valence-corrected chi connectivity index (χ0v) is 11.8. The van der Waals surface area contributed by atoms with Gasteiger partial charge in [-0.25, -0.2) is 4.98 Å². The van der Waals surface area contributed by atoms with Crippen molar-refractivity contribution in [3.05, 3.63) is 28.5 Å². The Morgan fingerprint density at radius 1 is 1.63 bits per heavy atom. The summed E-state index contributed by atoms with van der Waals surface area (Å²) in [5, 5.41) is 11.9. The van der Waals surface area contributed by atoms with Crippen molar-refractivity contribution < 1.29 is 19.4 Å². The summed E-state index contributed by atoms with van der Waals surface area (Å²) in [6.45, 7) is 1.85. The highest BCUT2D eigenvalue weighted by Gasteiger charge is 2.47. The van der Waals surface area contributed by atoms with E-state index < -0.39 is 17.4 Å². The summed E-state index contributed by atoms with van der Waals surface area (Å²) in [5.41, 5.74) is -0.679. The molecule has 1 fully saturated rings. The van der Waals surface area contributed by atoms with Crippen LogP contribution in [0.1, 0.15) is 17.3 Å². The van der Waals surface area contributed by atoms with E-state index >= 15 is 0 Å². The van der Waals surface area contributed by atoms with Crippen molar-refractivity contribution >= 4 is 27.8 Å². The topological polar surface area (TPSA) is 88.5 Å². The maximum atomic E-state index is 12.1. The van der Waals surface area contributed by atoms with Crippen molar-refractivity contribution in [1.82, 2.24) is 10.3 Å². The first-order valence-corrected chi connectivity index (χ1v) is 6.46. The monoisotopic (exact) mass is 328 g/mol. The van der Waals surface area contributed by atoms with Crippen LogP contribution in [0.25, 0.3) is 0 Å². The molecule has 102 valence electrons. The minimum absolute atomic E-state index is 0.0906. The fraction of sp³-hybridized carbons (Fsp3) is 0.417. The van der Waals surface area contributed by atoms with Gasteiger partial charge in [0.25, 0.3) is 5.91 Å². The lowest BCUT2D eigenvalue weighted by atomic mass is 9.85. The van der Waals surface area contributed by atoms with Crippen molar-refractivity contribution in [1.29, 1.82) is 0 Å². The normalized spacial score (nSPS) is 26.1. The molecule has 1 aromatic heterocycles. The zero-order valence-electron chi connectivity index (χ0n) is 10.2. The first-order chi connectivity index (χ1) is 8.93. The predicted molar refractivity (Wildman–Crippen MR) is 69.8 cm³/mol. The molecule has 1 amide bonds. The summed E-state index contributed by atoms with van der Waals surface area (Å²) < 4.78 is 5.72. The number of ether oxygens (including phenoxy) is 1. The van der Waals surface area contributed by atoms with E-state index in [1.807, 2.05) is 0 Å². The van der Waals surface area contributed by atoms with Gasteiger partial charge in [-0.1, -0.05) is 0 Å². The van der Waals surface area contributed by atoms with Crippen molar-refractivity contribution in [2.24, 2.45) is 5.41 Å². The van der Waals surface area contributed by atoms with Gasteiger partial charge in [0.1, 0.15) is 10.0 Å². The molecule has 19 heavy (non-hydrogen) atoms. The van der Waals surface area contributed by atoms with Gasteiger partial charge in [0.2, 0.25) is 0 Å². The fourth-order valence-corrected chi connectivity index (χ4v) is 2.24. The largest absolute Gasteiger partial charge is 0.481 e. The molecule has 1 aliphatic heterocycles. The van der Waals surface area contributed by atoms with Gasteiger partial charge in [-0.2, -0.15) is 0 Å². The van der Waals surface area contributed by atoms with Crippen LogP contribution in [0.5, 0.6) is 0 Å². The van der Waals surface area contributed by atoms with Crippen LogP contribution >= 0.6 is 15.9 Å². The molecule has 0 saturated carbocycles. The van der Waals surface area contributed by atoms with Gasteiger partial charge in [0, 0.05) is 11.8 Å². The lowest BCUT2D eigenvalue weighted by Gasteiger charge is -2.25. The fourth-order valence-electron chi connectivity index (χ4n) is 1.87. The number of aliphatic carboxylic acids is 1. The van der Waals surface area contributed by atoms with Crippen LogP contribution in [-0.4, -0.2) is 41.2 Å². The van der Waals surface area contributed by atoms with E-state index in [1.54, 1.807) is 19.1 Å². The van der Waals surface area contributed by atoms with Gasteiger partial charge < -0.3 is 15.2 Å². The van der Waals surface area contributed by atoms with Crippen LogP contribution < -0.4 is 5.32 Å². The average Bonchev–Trinajstić information content (AvgIpc) is 2.72. The van der Waals surface area contributed by atoms with Gasteiger partial charge in [0.15, 0.2) is 0 Å². The smallest absolute Gasteiger partial charge is 0.313 e. The SMILES string of the molecule is CC1(C(=O)O)COCC1NC(=O)c1ccnc(Br)c1. The molecule has 2 atom stereocenters. The number of carbonyl (C=O) groups is 2. The maximum absolute atomic E-state index is 12.1. The van der Waals surface area contributed by atoms with Crippen LogP contribution in [0, 0.1) is 5.41 Å². The first-order valence-electron chi connectivity index (χ1n) is 5.67. The number of carbonyl (C=O) groups excluding carboxylic acids is 1. The Bertz CT molecular complexity index is 522. The number of hydrogen-bond acceptors (Lipinski definition) is 4. The van der Waals surface area contributed by atoms with Gasteiger partial charge in [-0.3, -0.25) is 9.59 Å². The summed E-state index contributed by atoms with van der Waals surface area (Å²) in [6.07, 6.45) is 1.50. The summed E-state index contributed by atoms with van der Waals surface area (Å²) in [5.74, 6) is -1.32. The van der Waals surface area contributed by atoms with E-state index in [2.05, 4.69) is 26.2 Å². The summed E-state index contributed by atoms with van der Waals surface area (Å²) >= 11 is 3.18. The average molecular weight is 329 g/mol. The van der Waals surface area contributed by atoms with E-state index in [4.69, 9.17) is 4.74 Å². The van der Waals surface area contributed by atoms with Gasteiger partial charge in [0.05, 0.1) is 19.3 Å². The quantitative estimate of drug-likeness (QED) is 0.810. The number of amides is 1. The van der Waals surface area contributed by atoms with Crippen molar-refractivity contribution in [3.63, 3.8) is 0 Å². The van der Waals surface area contributed by atoms with E-state index in [1.165, 1.54) is 6.20 Å². The molecule has 0 radical (unpaired) electrons. The maximum Gasteiger partial charge on any atom is 0.313 e. The van der Waals surface area contributed by atoms with E-state index in [-0.39, 0.29) is 19.1 Å². The highest BCUT2D eigenvalue weighted by atomic mass is 79.9. The van der Waals surface area contributed by atoms with Gasteiger partial charge >= 0.3 is 5.97 Å². The van der Waals surface area contributed by atoms with Crippen LogP contribution in [0.4, 0.5) is 0 Å². The van der Waals surface area contributed by atoms with Crippen molar-refractivity contribution in [2.75, 3.05) is 13.2 Å². The van der Waals surface area contributed by atoms with E-state index in [9.17, 15) is 14.7 Å². The Kier molecular flexibility index (Phi) is 3.86. The third-order valence-corrected chi connectivity index (χ3v) is 3.67. The molecule has 0 aromatic carbocycles. The standard InChI is InChI=1S/C12H13BrN2O4/c1-12(11(17)18)6-19-5-8(12)15-10(16)7-2-3-14-9(13)4-7/h2-4,8H,5-6H2,1H3,(H,15,16)(H,17,18). The highest BCUT2D eigenvalue weighted by molar-refractivity contribution is 9.10. The van der Waals surface area contributed by atoms with Gasteiger partial charge in [-0.15, -0.1) is 0 Å². The van der Waals surface area contributed by atoms with Crippen LogP contribution in [0.3, 0.4) is 0 Å². The molecule has 2 heterocycles. The Morgan fingerprint density at radius 3 is 3.00 bits per heavy atom. The Morgan fingerprint density at radius 2 is 2.37 bits per heavy atom. The van der Waals surface area contributed by atoms with Crippen LogP contribution in [0.2, 0.25) is 0 Å². The van der Waals surface area contributed by atoms with E-state index in [0.29, 0.717) is 10.2 Å². The molecule has 0 spiro atoms. The molecule has 0 aliphatic carbocycles. The summed E-state index contributed by atoms with van der Waals surface area (Å²) in [6, 6.07) is 2.58. The number of rotatable bonds is 3. The molecule has 1 aromatic rings. The summed E-state index contributed by atoms with van der Waals surface area (Å²) in [4.78, 5) is 27.2. The number of carboxylic acids is 1. The Labute approximate surface area is 118 Å². The molecule has 7 heteroatoms. The molecule has 1 saturated heterocycles. The molecular formula is C12H13BrN2O4. The lowest BCUT2D eigenvalue weighted by molar-refractivity contribution is -0.148. The second-order valence-corrected chi connectivity index (χ2v) is 5.44. The minimum atomic E-state index is -1.10. The molecular weight excluding hydrogens is 316 g/mol. The molecule has 1 aliphatic rings. The van der Waals surface area contributed by atoms with Crippen LogP contribution in [0.15, 0.2) is 22.9 Å². The van der Waals surface area contributed by atoms with E-state index in [0.717, 1.165) is 0 Å². The zero-order chi connectivity index (χ0) is 14.0. The van der Waals surface area contributed by atoms with Crippen molar-refractivity contribution in [2.45, 2.75) is 13.0 Å². The summed E-state index contributed by atoms with van der Waals surface area (Å²) in [7, 11) is 0. The van der Waals surface area contributed by atoms with Gasteiger partial charge in [-0.05, 0) is 35.0 Å². The molecule has 6 nitrogen and oxygen atoms in total. The highest BCUT2D eigenvalue weighted by Crippen LogP contribution is 2.29. The van der Waals surface area contributed by atoms with Crippen LogP contribution in [-0.2, 0) is 9.53 Å². The number of hydrogen-bond donors (Lipinski definition) is 2. The number of nitrogens with zero attached hydrogens (tertiary/aromatic N) is 1. The number of aromatic nitrogens is 1. The second kappa shape index (κ2) is 5.26. The minimum Gasteiger partial charge on any atom is -0.481 e. The molecule has 2 unspecified atom stereocenters. The molecule has 0 bridgehead atoms. The first kappa shape index (κ1) is 14.0. The Balaban J connectivity index is 2.13. The second-order valence-electron chi connectivity index (χ2n) is 4.63. The predicted octanol–water partition coefficient (Wildman–Crippen LogP) is 1.06. The lowest BCUT2D eigenvalue weighted by Crippen LogP contribution is -2.49.